The molecule has 7 nitrogen and oxygen atoms in total. The molecule has 12 rings (SSSR count). The first-order valence-electron chi connectivity index (χ1n) is 28.1. The number of hydrogen-bond acceptors (Lipinski definition) is 7. The van der Waals surface area contributed by atoms with E-state index in [0.29, 0.717) is 30.8 Å². The molecule has 0 amide bonds. The molecule has 7 heteroatoms. The molecule has 2 heterocycles. The average molecular weight is 1040 g/mol. The molecule has 7 unspecified atom stereocenters. The molecule has 2 saturated heterocycles. The van der Waals surface area contributed by atoms with E-state index in [4.69, 9.17) is 28.4 Å². The van der Waals surface area contributed by atoms with Gasteiger partial charge in [0, 0.05) is 10.8 Å². The minimum Gasteiger partial charge on any atom is -0.491 e. The molecule has 8 aromatic carbocycles. The largest absolute Gasteiger partial charge is 0.491 e. The summed E-state index contributed by atoms with van der Waals surface area (Å²) < 4.78 is 36.2. The van der Waals surface area contributed by atoms with E-state index in [1.54, 1.807) is 0 Å². The van der Waals surface area contributed by atoms with Crippen LogP contribution >= 0.6 is 0 Å². The Bertz CT molecular complexity index is 3340. The Morgan fingerprint density at radius 1 is 0.462 bits per heavy atom. The van der Waals surface area contributed by atoms with Gasteiger partial charge in [0.1, 0.15) is 43.0 Å². The molecule has 1 N–H and O–H groups in total. The van der Waals surface area contributed by atoms with Crippen molar-refractivity contribution in [2.75, 3.05) is 39.6 Å². The van der Waals surface area contributed by atoms with Gasteiger partial charge in [-0.05, 0) is 167 Å². The smallest absolute Gasteiger partial charge is 0.119 e. The van der Waals surface area contributed by atoms with Crippen molar-refractivity contribution in [1.82, 2.24) is 0 Å². The van der Waals surface area contributed by atoms with Crippen LogP contribution in [0.1, 0.15) is 122 Å². The van der Waals surface area contributed by atoms with E-state index in [2.05, 4.69) is 236 Å². The van der Waals surface area contributed by atoms with Crippen molar-refractivity contribution in [3.8, 4) is 33.8 Å². The van der Waals surface area contributed by atoms with E-state index >= 15 is 0 Å². The second-order valence-corrected chi connectivity index (χ2v) is 23.4. The molecule has 4 aliphatic rings. The lowest BCUT2D eigenvalue weighted by atomic mass is 9.69. The van der Waals surface area contributed by atoms with Crippen LogP contribution < -0.4 is 9.47 Å². The molecule has 0 aromatic heterocycles. The Morgan fingerprint density at radius 3 is 1.29 bits per heavy atom. The van der Waals surface area contributed by atoms with Crippen molar-refractivity contribution in [1.29, 1.82) is 0 Å². The third-order valence-corrected chi connectivity index (χ3v) is 17.3. The van der Waals surface area contributed by atoms with Gasteiger partial charge >= 0.3 is 0 Å². The maximum Gasteiger partial charge on any atom is 0.119 e. The van der Waals surface area contributed by atoms with E-state index in [1.165, 1.54) is 66.8 Å². The Balaban J connectivity index is 0.759. The van der Waals surface area contributed by atoms with E-state index < -0.39 is 22.7 Å². The summed E-state index contributed by atoms with van der Waals surface area (Å²) in [6.07, 6.45) is 1.42. The van der Waals surface area contributed by atoms with Gasteiger partial charge in [0.25, 0.3) is 0 Å². The van der Waals surface area contributed by atoms with Gasteiger partial charge in [-0.2, -0.15) is 0 Å². The summed E-state index contributed by atoms with van der Waals surface area (Å²) in [6.45, 7) is 16.0. The summed E-state index contributed by atoms with van der Waals surface area (Å²) in [7, 11) is 0. The average Bonchev–Trinajstić information content (AvgIpc) is 4.61. The first-order chi connectivity index (χ1) is 37.8. The SMILES string of the molecule is CC1CC(c2ccc(OCC3CO3)cc2)(c2ccc(C(C)(C)OCC(O)COc3ccc(C4(c5ccc(C(C)(C)OCC6CO6)cc5)CC(C)c5ccc(-c6ccccc6)cc54)cc3)cc2)c2cc(-c3ccccc3)ccc21. The van der Waals surface area contributed by atoms with Gasteiger partial charge in [0.15, 0.2) is 0 Å². The summed E-state index contributed by atoms with van der Waals surface area (Å²) in [5.41, 5.74) is 15.4. The van der Waals surface area contributed by atoms with Crippen LogP contribution in [0.4, 0.5) is 0 Å². The van der Waals surface area contributed by atoms with Crippen molar-refractivity contribution in [2.24, 2.45) is 0 Å². The lowest BCUT2D eigenvalue weighted by Crippen LogP contribution is -2.31. The molecule has 7 atom stereocenters. The van der Waals surface area contributed by atoms with Gasteiger partial charge in [-0.15, -0.1) is 0 Å². The Morgan fingerprint density at radius 2 is 0.859 bits per heavy atom. The number of benzene rings is 8. The summed E-state index contributed by atoms with van der Waals surface area (Å²) in [5.74, 6) is 2.24. The highest BCUT2D eigenvalue weighted by molar-refractivity contribution is 5.71. The van der Waals surface area contributed by atoms with Gasteiger partial charge in [0.2, 0.25) is 0 Å². The van der Waals surface area contributed by atoms with Crippen molar-refractivity contribution in [2.45, 2.75) is 107 Å². The number of ether oxygens (including phenoxy) is 6. The van der Waals surface area contributed by atoms with Crippen LogP contribution in [-0.2, 0) is 41.0 Å². The fourth-order valence-corrected chi connectivity index (χ4v) is 12.6. The second kappa shape index (κ2) is 21.1. The van der Waals surface area contributed by atoms with Gasteiger partial charge in [-0.1, -0.05) is 172 Å². The van der Waals surface area contributed by atoms with Crippen LogP contribution in [0.15, 0.2) is 194 Å². The lowest BCUT2D eigenvalue weighted by Gasteiger charge is -2.34. The highest BCUT2D eigenvalue weighted by atomic mass is 16.6. The number of rotatable bonds is 20. The van der Waals surface area contributed by atoms with Crippen LogP contribution in [-0.4, -0.2) is 63.1 Å². The van der Waals surface area contributed by atoms with Crippen LogP contribution in [0.2, 0.25) is 0 Å². The highest BCUT2D eigenvalue weighted by Crippen LogP contribution is 2.57. The number of hydrogen-bond donors (Lipinski definition) is 1. The third-order valence-electron chi connectivity index (χ3n) is 17.3. The van der Waals surface area contributed by atoms with E-state index in [9.17, 15) is 5.11 Å². The zero-order valence-corrected chi connectivity index (χ0v) is 45.9. The van der Waals surface area contributed by atoms with Crippen LogP contribution in [0, 0.1) is 0 Å². The number of aliphatic hydroxyl groups excluding tert-OH is 1. The quantitative estimate of drug-likeness (QED) is 0.0762. The number of epoxide rings is 2. The Kier molecular flexibility index (Phi) is 14.0. The highest BCUT2D eigenvalue weighted by Gasteiger charge is 2.47. The fraction of sp³-hybridized carbons (Fsp3) is 0.324. The summed E-state index contributed by atoms with van der Waals surface area (Å²) in [6, 6.07) is 70.7. The minimum atomic E-state index is -0.848. The summed E-state index contributed by atoms with van der Waals surface area (Å²) in [4.78, 5) is 0. The molecule has 0 saturated carbocycles. The van der Waals surface area contributed by atoms with Gasteiger partial charge in [0.05, 0.1) is 37.6 Å². The predicted octanol–water partition coefficient (Wildman–Crippen LogP) is 14.8. The van der Waals surface area contributed by atoms with Crippen molar-refractivity contribution >= 4 is 0 Å². The molecule has 78 heavy (non-hydrogen) atoms. The zero-order chi connectivity index (χ0) is 53.7. The maximum atomic E-state index is 11.4. The fourth-order valence-electron chi connectivity index (χ4n) is 12.6. The summed E-state index contributed by atoms with van der Waals surface area (Å²) in [5, 5.41) is 11.4. The first kappa shape index (κ1) is 51.9. The lowest BCUT2D eigenvalue weighted by molar-refractivity contribution is -0.0717. The molecule has 0 radical (unpaired) electrons. The molecule has 0 spiro atoms. The van der Waals surface area contributed by atoms with E-state index in [-0.39, 0.29) is 30.8 Å². The Labute approximate surface area is 461 Å². The third kappa shape index (κ3) is 10.2. The molecule has 2 fully saturated rings. The molecule has 0 bridgehead atoms. The molecule has 2 aliphatic carbocycles. The van der Waals surface area contributed by atoms with Crippen molar-refractivity contribution in [3.05, 3.63) is 250 Å². The van der Waals surface area contributed by atoms with Gasteiger partial charge in [-0.25, -0.2) is 0 Å². The molecule has 2 aliphatic heterocycles. The standard InChI is InChI=1S/C71H72O7/c1-47-39-70(66-37-51(17-35-64(47)66)49-13-9-7-10-14-49,56-25-21-54(22-26-56)69(5,6)78-46-63-45-76-63)57-27-31-60(32-28-57)73-41-59(72)42-77-68(3,4)53-19-23-55(24-20-53)71(58-29-33-61(34-30-58)74-43-62-44-75-62)40-48(2)65-36-18-52(38-67(65)71)50-15-11-8-12-16-50/h7-38,47-48,59,62-63,72H,39-46H2,1-6H3. The van der Waals surface area contributed by atoms with Crippen LogP contribution in [0.3, 0.4) is 0 Å². The molecule has 8 aromatic rings. The van der Waals surface area contributed by atoms with Gasteiger partial charge in [-0.3, -0.25) is 0 Å². The van der Waals surface area contributed by atoms with Crippen molar-refractivity contribution in [3.63, 3.8) is 0 Å². The normalized spacial score (nSPS) is 22.6. The molecular weight excluding hydrogens is 965 g/mol. The molecular formula is C71H72O7. The zero-order valence-electron chi connectivity index (χ0n) is 45.9. The van der Waals surface area contributed by atoms with Gasteiger partial charge < -0.3 is 33.5 Å². The predicted molar refractivity (Wildman–Crippen MR) is 310 cm³/mol. The first-order valence-corrected chi connectivity index (χ1v) is 28.1. The van der Waals surface area contributed by atoms with Crippen LogP contribution in [0.25, 0.3) is 22.3 Å². The summed E-state index contributed by atoms with van der Waals surface area (Å²) >= 11 is 0. The second-order valence-electron chi connectivity index (χ2n) is 23.4. The maximum absolute atomic E-state index is 11.4. The number of aliphatic hydroxyl groups is 1. The molecule has 398 valence electrons. The minimum absolute atomic E-state index is 0.0925. The van der Waals surface area contributed by atoms with Crippen molar-refractivity contribution < 1.29 is 33.5 Å². The number of fused-ring (bicyclic) bond motifs is 2. The van der Waals surface area contributed by atoms with E-state index in [1.807, 2.05) is 0 Å². The van der Waals surface area contributed by atoms with Crippen LogP contribution in [0.5, 0.6) is 11.5 Å². The van der Waals surface area contributed by atoms with E-state index in [0.717, 1.165) is 42.9 Å². The topological polar surface area (TPSA) is 82.2 Å². The monoisotopic (exact) mass is 1040 g/mol. The Hall–Kier alpha value is -6.84.